The lowest BCUT2D eigenvalue weighted by Gasteiger charge is -2.20. The Morgan fingerprint density at radius 1 is 0.962 bits per heavy atom. The van der Waals surface area contributed by atoms with Crippen molar-refractivity contribution in [2.75, 3.05) is 30.3 Å². The molecule has 26 heavy (non-hydrogen) atoms. The molecular formula is C19H21Cl2N3O2. The zero-order chi connectivity index (χ0) is 18.9. The van der Waals surface area contributed by atoms with Crippen molar-refractivity contribution >= 4 is 46.4 Å². The van der Waals surface area contributed by atoms with Crippen LogP contribution < -0.4 is 10.6 Å². The first-order valence-electron chi connectivity index (χ1n) is 8.30. The highest BCUT2D eigenvalue weighted by atomic mass is 35.5. The molecule has 0 unspecified atom stereocenters. The van der Waals surface area contributed by atoms with Crippen LogP contribution in [0.4, 0.5) is 11.4 Å². The van der Waals surface area contributed by atoms with Crippen LogP contribution in [0, 0.1) is 0 Å². The van der Waals surface area contributed by atoms with Crippen molar-refractivity contribution in [3.63, 3.8) is 0 Å². The quantitative estimate of drug-likeness (QED) is 0.703. The zero-order valence-corrected chi connectivity index (χ0v) is 16.0. The lowest BCUT2D eigenvalue weighted by molar-refractivity contribution is -0.120. The summed E-state index contributed by atoms with van der Waals surface area (Å²) in [5.74, 6) is -0.405. The molecule has 0 aliphatic carbocycles. The standard InChI is InChI=1S/C19H21Cl2N3O2/c1-2-10-24(12-18(25)22-15-6-4-3-5-7-15)13-19(26)23-17-9-8-14(20)11-16(17)21/h3-9,11H,2,10,12-13H2,1H3,(H,22,25)(H,23,26). The van der Waals surface area contributed by atoms with Crippen molar-refractivity contribution < 1.29 is 9.59 Å². The molecule has 0 aliphatic rings. The summed E-state index contributed by atoms with van der Waals surface area (Å²) < 4.78 is 0. The van der Waals surface area contributed by atoms with E-state index in [1.807, 2.05) is 37.3 Å². The number of carbonyl (C=O) groups is 2. The monoisotopic (exact) mass is 393 g/mol. The lowest BCUT2D eigenvalue weighted by Crippen LogP contribution is -2.39. The summed E-state index contributed by atoms with van der Waals surface area (Å²) in [6.07, 6.45) is 0.827. The number of amides is 2. The van der Waals surface area contributed by atoms with Crippen LogP contribution in [0.2, 0.25) is 10.0 Å². The summed E-state index contributed by atoms with van der Waals surface area (Å²) in [5.41, 5.74) is 1.22. The van der Waals surface area contributed by atoms with E-state index in [-0.39, 0.29) is 24.9 Å². The number of hydrogen-bond donors (Lipinski definition) is 2. The number of benzene rings is 2. The van der Waals surface area contributed by atoms with Gasteiger partial charge in [0, 0.05) is 10.7 Å². The Labute approximate surface area is 163 Å². The van der Waals surface area contributed by atoms with Gasteiger partial charge < -0.3 is 10.6 Å². The van der Waals surface area contributed by atoms with Crippen LogP contribution in [0.15, 0.2) is 48.5 Å². The van der Waals surface area contributed by atoms with E-state index < -0.39 is 0 Å². The van der Waals surface area contributed by atoms with E-state index >= 15 is 0 Å². The molecule has 7 heteroatoms. The third-order valence-corrected chi connectivity index (χ3v) is 4.08. The molecule has 138 valence electrons. The number of halogens is 2. The summed E-state index contributed by atoms with van der Waals surface area (Å²) in [5, 5.41) is 6.44. The van der Waals surface area contributed by atoms with Crippen LogP contribution in [0.25, 0.3) is 0 Å². The number of para-hydroxylation sites is 1. The van der Waals surface area contributed by atoms with Gasteiger partial charge in [-0.25, -0.2) is 0 Å². The first-order valence-corrected chi connectivity index (χ1v) is 9.05. The minimum Gasteiger partial charge on any atom is -0.325 e. The molecule has 0 atom stereocenters. The maximum atomic E-state index is 12.3. The molecule has 0 bridgehead atoms. The summed E-state index contributed by atoms with van der Waals surface area (Å²) in [6.45, 7) is 2.85. The van der Waals surface area contributed by atoms with Gasteiger partial charge in [-0.2, -0.15) is 0 Å². The van der Waals surface area contributed by atoms with Crippen molar-refractivity contribution in [3.05, 3.63) is 58.6 Å². The first kappa shape index (κ1) is 20.2. The third kappa shape index (κ3) is 6.67. The Morgan fingerprint density at radius 2 is 1.62 bits per heavy atom. The second kappa shape index (κ2) is 10.2. The number of hydrogen-bond acceptors (Lipinski definition) is 3. The molecule has 5 nitrogen and oxygen atoms in total. The summed E-state index contributed by atoms with van der Waals surface area (Å²) in [4.78, 5) is 26.3. The number of carbonyl (C=O) groups excluding carboxylic acids is 2. The van der Waals surface area contributed by atoms with Crippen LogP contribution in [0.5, 0.6) is 0 Å². The van der Waals surface area contributed by atoms with Gasteiger partial charge in [0.2, 0.25) is 11.8 Å². The largest absolute Gasteiger partial charge is 0.325 e. The molecule has 0 fully saturated rings. The zero-order valence-electron chi connectivity index (χ0n) is 14.5. The van der Waals surface area contributed by atoms with E-state index in [0.29, 0.717) is 22.3 Å². The van der Waals surface area contributed by atoms with Gasteiger partial charge in [0.05, 0.1) is 23.8 Å². The van der Waals surface area contributed by atoms with Crippen LogP contribution in [0.1, 0.15) is 13.3 Å². The number of nitrogens with one attached hydrogen (secondary N) is 2. The van der Waals surface area contributed by atoms with Crippen molar-refractivity contribution in [1.29, 1.82) is 0 Å². The molecule has 0 saturated heterocycles. The minimum absolute atomic E-state index is 0.0923. The van der Waals surface area contributed by atoms with Crippen LogP contribution in [-0.4, -0.2) is 36.3 Å². The molecule has 0 aromatic heterocycles. The first-order chi connectivity index (χ1) is 12.5. The normalized spacial score (nSPS) is 10.6. The third-order valence-electron chi connectivity index (χ3n) is 3.54. The van der Waals surface area contributed by atoms with Crippen LogP contribution in [-0.2, 0) is 9.59 Å². The summed E-state index contributed by atoms with van der Waals surface area (Å²) in [6, 6.07) is 14.1. The van der Waals surface area contributed by atoms with Crippen molar-refractivity contribution in [2.24, 2.45) is 0 Å². The fourth-order valence-corrected chi connectivity index (χ4v) is 2.89. The molecule has 0 radical (unpaired) electrons. The lowest BCUT2D eigenvalue weighted by atomic mass is 10.3. The van der Waals surface area contributed by atoms with Gasteiger partial charge in [-0.05, 0) is 43.3 Å². The second-order valence-electron chi connectivity index (χ2n) is 5.80. The van der Waals surface area contributed by atoms with E-state index in [1.165, 1.54) is 0 Å². The molecule has 0 spiro atoms. The van der Waals surface area contributed by atoms with Crippen molar-refractivity contribution in [2.45, 2.75) is 13.3 Å². The maximum absolute atomic E-state index is 12.3. The maximum Gasteiger partial charge on any atom is 0.238 e. The van der Waals surface area contributed by atoms with Gasteiger partial charge in [0.1, 0.15) is 0 Å². The molecular weight excluding hydrogens is 373 g/mol. The topological polar surface area (TPSA) is 61.4 Å². The van der Waals surface area contributed by atoms with E-state index in [0.717, 1.165) is 12.1 Å². The predicted octanol–water partition coefficient (Wildman–Crippen LogP) is 4.28. The van der Waals surface area contributed by atoms with Crippen LogP contribution in [0.3, 0.4) is 0 Å². The minimum atomic E-state index is -0.241. The van der Waals surface area contributed by atoms with Gasteiger partial charge in [-0.3, -0.25) is 14.5 Å². The predicted molar refractivity (Wildman–Crippen MR) is 107 cm³/mol. The molecule has 2 aromatic rings. The number of nitrogens with zero attached hydrogens (tertiary/aromatic N) is 1. The molecule has 0 saturated carbocycles. The average molecular weight is 394 g/mol. The molecule has 2 aromatic carbocycles. The van der Waals surface area contributed by atoms with E-state index in [2.05, 4.69) is 10.6 Å². The Kier molecular flexibility index (Phi) is 7.91. The van der Waals surface area contributed by atoms with Gasteiger partial charge in [-0.15, -0.1) is 0 Å². The highest BCUT2D eigenvalue weighted by Crippen LogP contribution is 2.25. The summed E-state index contributed by atoms with van der Waals surface area (Å²) >= 11 is 11.9. The highest BCUT2D eigenvalue weighted by molar-refractivity contribution is 6.36. The Hall–Kier alpha value is -2.08. The highest BCUT2D eigenvalue weighted by Gasteiger charge is 2.15. The van der Waals surface area contributed by atoms with Gasteiger partial charge in [0.15, 0.2) is 0 Å². The summed E-state index contributed by atoms with van der Waals surface area (Å²) in [7, 11) is 0. The van der Waals surface area contributed by atoms with Crippen LogP contribution >= 0.6 is 23.2 Å². The van der Waals surface area contributed by atoms with Gasteiger partial charge in [0.25, 0.3) is 0 Å². The Balaban J connectivity index is 1.91. The molecule has 2 N–H and O–H groups in total. The number of rotatable bonds is 8. The van der Waals surface area contributed by atoms with E-state index in [1.54, 1.807) is 23.1 Å². The van der Waals surface area contributed by atoms with Gasteiger partial charge >= 0.3 is 0 Å². The molecule has 2 rings (SSSR count). The smallest absolute Gasteiger partial charge is 0.238 e. The SMILES string of the molecule is CCCN(CC(=O)Nc1ccccc1)CC(=O)Nc1ccc(Cl)cc1Cl. The molecule has 2 amide bonds. The number of anilines is 2. The Bertz CT molecular complexity index is 754. The van der Waals surface area contributed by atoms with E-state index in [9.17, 15) is 9.59 Å². The fourth-order valence-electron chi connectivity index (χ4n) is 2.44. The fraction of sp³-hybridized carbons (Fsp3) is 0.263. The molecule has 0 aliphatic heterocycles. The average Bonchev–Trinajstić information content (AvgIpc) is 2.58. The Morgan fingerprint density at radius 3 is 2.23 bits per heavy atom. The van der Waals surface area contributed by atoms with Gasteiger partial charge in [-0.1, -0.05) is 48.3 Å². The second-order valence-corrected chi connectivity index (χ2v) is 6.64. The van der Waals surface area contributed by atoms with Crippen molar-refractivity contribution in [3.8, 4) is 0 Å². The van der Waals surface area contributed by atoms with E-state index in [4.69, 9.17) is 23.2 Å². The molecule has 0 heterocycles. The van der Waals surface area contributed by atoms with Crippen molar-refractivity contribution in [1.82, 2.24) is 4.90 Å².